The third-order valence-electron chi connectivity index (χ3n) is 2.92. The maximum absolute atomic E-state index is 12.5. The lowest BCUT2D eigenvalue weighted by atomic mass is 10.2. The molecule has 112 valence electrons. The van der Waals surface area contributed by atoms with E-state index in [0.717, 1.165) is 4.47 Å². The lowest BCUT2D eigenvalue weighted by molar-refractivity contribution is 0.413. The van der Waals surface area contributed by atoms with Gasteiger partial charge in [0.05, 0.1) is 23.4 Å². The number of nitrogen functional groups attached to an aromatic ring is 1. The van der Waals surface area contributed by atoms with Crippen LogP contribution in [0.15, 0.2) is 45.8 Å². The molecule has 0 radical (unpaired) electrons. The van der Waals surface area contributed by atoms with Gasteiger partial charge in [-0.15, -0.1) is 0 Å². The lowest BCUT2D eigenvalue weighted by Crippen LogP contribution is -2.08. The molecule has 2 aromatic carbocycles. The Balaban J connectivity index is 2.43. The Labute approximate surface area is 136 Å². The summed E-state index contributed by atoms with van der Waals surface area (Å²) in [6.45, 7) is 0. The third kappa shape index (κ3) is 3.70. The first-order valence-electron chi connectivity index (χ1n) is 5.93. The molecule has 2 N–H and O–H groups in total. The van der Waals surface area contributed by atoms with Crippen molar-refractivity contribution in [2.75, 3.05) is 12.8 Å². The number of anilines is 1. The highest BCUT2D eigenvalue weighted by Gasteiger charge is 2.20. The van der Waals surface area contributed by atoms with Crippen LogP contribution in [-0.2, 0) is 15.6 Å². The van der Waals surface area contributed by atoms with Crippen molar-refractivity contribution in [1.29, 1.82) is 0 Å². The molecule has 0 amide bonds. The second-order valence-corrected chi connectivity index (χ2v) is 7.68. The average Bonchev–Trinajstić information content (AvgIpc) is 2.42. The smallest absolute Gasteiger partial charge is 0.184 e. The molecule has 0 spiro atoms. The Morgan fingerprint density at radius 2 is 1.95 bits per heavy atom. The lowest BCUT2D eigenvalue weighted by Gasteiger charge is -2.10. The van der Waals surface area contributed by atoms with Crippen LogP contribution in [0.4, 0.5) is 5.69 Å². The molecular formula is C14H13BrClNO3S. The van der Waals surface area contributed by atoms with Crippen molar-refractivity contribution in [3.05, 3.63) is 51.5 Å². The van der Waals surface area contributed by atoms with Crippen LogP contribution < -0.4 is 10.5 Å². The molecule has 0 aliphatic rings. The first-order valence-corrected chi connectivity index (χ1v) is 8.76. The minimum Gasteiger partial charge on any atom is -0.497 e. The molecule has 0 saturated heterocycles. The van der Waals surface area contributed by atoms with Gasteiger partial charge in [0, 0.05) is 15.6 Å². The molecule has 2 rings (SSSR count). The van der Waals surface area contributed by atoms with E-state index in [4.69, 9.17) is 22.1 Å². The number of hydrogen-bond donors (Lipinski definition) is 1. The van der Waals surface area contributed by atoms with Crippen LogP contribution >= 0.6 is 27.5 Å². The minimum atomic E-state index is -3.62. The average molecular weight is 391 g/mol. The van der Waals surface area contributed by atoms with Gasteiger partial charge < -0.3 is 10.5 Å². The minimum absolute atomic E-state index is 0.0424. The monoisotopic (exact) mass is 389 g/mol. The van der Waals surface area contributed by atoms with Gasteiger partial charge in [0.15, 0.2) is 9.84 Å². The van der Waals surface area contributed by atoms with Crippen molar-refractivity contribution in [3.63, 3.8) is 0 Å². The quantitative estimate of drug-likeness (QED) is 0.809. The van der Waals surface area contributed by atoms with Gasteiger partial charge in [-0.3, -0.25) is 0 Å². The van der Waals surface area contributed by atoms with Crippen molar-refractivity contribution < 1.29 is 13.2 Å². The maximum atomic E-state index is 12.5. The van der Waals surface area contributed by atoms with Crippen LogP contribution in [0.3, 0.4) is 0 Å². The summed E-state index contributed by atoms with van der Waals surface area (Å²) in [6.07, 6.45) is 0. The molecule has 7 heteroatoms. The number of halogens is 2. The van der Waals surface area contributed by atoms with E-state index in [1.807, 2.05) is 0 Å². The normalized spacial score (nSPS) is 11.4. The molecule has 0 heterocycles. The first kappa shape index (κ1) is 16.1. The standard InChI is InChI=1S/C14H13BrClNO3S/c1-20-11-4-5-13(17)14(7-11)21(18,19)8-9-2-3-10(15)6-12(9)16/h2-7H,8,17H2,1H3. The maximum Gasteiger partial charge on any atom is 0.184 e. The number of hydrogen-bond acceptors (Lipinski definition) is 4. The van der Waals surface area contributed by atoms with E-state index in [0.29, 0.717) is 16.3 Å². The fourth-order valence-corrected chi connectivity index (χ4v) is 4.19. The Kier molecular flexibility index (Phi) is 4.81. The molecule has 0 aliphatic carbocycles. The highest BCUT2D eigenvalue weighted by Crippen LogP contribution is 2.29. The van der Waals surface area contributed by atoms with Crippen molar-refractivity contribution in [2.24, 2.45) is 0 Å². The van der Waals surface area contributed by atoms with Crippen molar-refractivity contribution >= 4 is 43.1 Å². The van der Waals surface area contributed by atoms with Gasteiger partial charge in [-0.2, -0.15) is 0 Å². The summed E-state index contributed by atoms with van der Waals surface area (Å²) in [5.41, 5.74) is 6.47. The Hall–Kier alpha value is -1.24. The van der Waals surface area contributed by atoms with E-state index in [9.17, 15) is 8.42 Å². The zero-order chi connectivity index (χ0) is 15.6. The van der Waals surface area contributed by atoms with Gasteiger partial charge in [0.1, 0.15) is 5.75 Å². The van der Waals surface area contributed by atoms with Crippen molar-refractivity contribution in [3.8, 4) is 5.75 Å². The molecule has 0 aromatic heterocycles. The molecule has 0 fully saturated rings. The van der Waals surface area contributed by atoms with Crippen LogP contribution in [0.1, 0.15) is 5.56 Å². The summed E-state index contributed by atoms with van der Waals surface area (Å²) in [7, 11) is -2.15. The molecule has 0 saturated carbocycles. The number of rotatable bonds is 4. The van der Waals surface area contributed by atoms with Crippen LogP contribution in [-0.4, -0.2) is 15.5 Å². The van der Waals surface area contributed by atoms with E-state index in [1.165, 1.54) is 19.2 Å². The molecule has 0 atom stereocenters. The Morgan fingerprint density at radius 1 is 1.24 bits per heavy atom. The first-order chi connectivity index (χ1) is 9.83. The molecule has 0 aliphatic heterocycles. The summed E-state index contributed by atoms with van der Waals surface area (Å²) in [5, 5.41) is 0.384. The van der Waals surface area contributed by atoms with Crippen molar-refractivity contribution in [1.82, 2.24) is 0 Å². The predicted octanol–water partition coefficient (Wildman–Crippen LogP) is 3.67. The SMILES string of the molecule is COc1ccc(N)c(S(=O)(=O)Cc2ccc(Br)cc2Cl)c1. The second-order valence-electron chi connectivity index (χ2n) is 4.40. The van der Waals surface area contributed by atoms with Gasteiger partial charge >= 0.3 is 0 Å². The van der Waals surface area contributed by atoms with Crippen LogP contribution in [0, 0.1) is 0 Å². The molecule has 2 aromatic rings. The van der Waals surface area contributed by atoms with E-state index >= 15 is 0 Å². The van der Waals surface area contributed by atoms with Gasteiger partial charge in [0.2, 0.25) is 0 Å². The number of nitrogens with two attached hydrogens (primary N) is 1. The van der Waals surface area contributed by atoms with E-state index < -0.39 is 9.84 Å². The summed E-state index contributed by atoms with van der Waals surface area (Å²) in [5.74, 6) is 0.209. The summed E-state index contributed by atoms with van der Waals surface area (Å²) in [4.78, 5) is 0.0424. The van der Waals surface area contributed by atoms with Gasteiger partial charge in [-0.05, 0) is 29.8 Å². The Morgan fingerprint density at radius 3 is 2.57 bits per heavy atom. The van der Waals surface area contributed by atoms with E-state index in [1.54, 1.807) is 24.3 Å². The fraction of sp³-hybridized carbons (Fsp3) is 0.143. The van der Waals surface area contributed by atoms with Crippen LogP contribution in [0.2, 0.25) is 5.02 Å². The summed E-state index contributed by atoms with van der Waals surface area (Å²) >= 11 is 9.35. The largest absolute Gasteiger partial charge is 0.497 e. The van der Waals surface area contributed by atoms with Crippen LogP contribution in [0.25, 0.3) is 0 Å². The van der Waals surface area contributed by atoms with Crippen molar-refractivity contribution in [2.45, 2.75) is 10.6 Å². The number of sulfone groups is 1. The fourth-order valence-electron chi connectivity index (χ4n) is 1.83. The van der Waals surface area contributed by atoms with E-state index in [2.05, 4.69) is 15.9 Å². The van der Waals surface area contributed by atoms with Gasteiger partial charge in [-0.25, -0.2) is 8.42 Å². The highest BCUT2D eigenvalue weighted by molar-refractivity contribution is 9.10. The molecule has 21 heavy (non-hydrogen) atoms. The van der Waals surface area contributed by atoms with Crippen LogP contribution in [0.5, 0.6) is 5.75 Å². The predicted molar refractivity (Wildman–Crippen MR) is 87.4 cm³/mol. The zero-order valence-electron chi connectivity index (χ0n) is 11.1. The number of methoxy groups -OCH3 is 1. The summed E-state index contributed by atoms with van der Waals surface area (Å²) in [6, 6.07) is 9.60. The number of benzene rings is 2. The number of ether oxygens (including phenoxy) is 1. The highest BCUT2D eigenvalue weighted by atomic mass is 79.9. The molecule has 4 nitrogen and oxygen atoms in total. The van der Waals surface area contributed by atoms with Gasteiger partial charge in [-0.1, -0.05) is 33.6 Å². The summed E-state index contributed by atoms with van der Waals surface area (Å²) < 4.78 is 30.9. The molecule has 0 unspecified atom stereocenters. The second kappa shape index (κ2) is 6.25. The van der Waals surface area contributed by atoms with E-state index in [-0.39, 0.29) is 16.3 Å². The molecule has 0 bridgehead atoms. The zero-order valence-corrected chi connectivity index (χ0v) is 14.3. The topological polar surface area (TPSA) is 69.4 Å². The third-order valence-corrected chi connectivity index (χ3v) is 5.48. The Bertz CT molecular complexity index is 778. The molecular weight excluding hydrogens is 378 g/mol. The van der Waals surface area contributed by atoms with Gasteiger partial charge in [0.25, 0.3) is 0 Å².